The minimum absolute atomic E-state index is 0.300. The maximum atomic E-state index is 14.0. The number of alkyl halides is 1. The van der Waals surface area contributed by atoms with Gasteiger partial charge in [0, 0.05) is 68.1 Å². The van der Waals surface area contributed by atoms with Gasteiger partial charge in [-0.15, -0.1) is 0 Å². The highest BCUT2D eigenvalue weighted by Crippen LogP contribution is 2.26. The summed E-state index contributed by atoms with van der Waals surface area (Å²) >= 11 is 0. The summed E-state index contributed by atoms with van der Waals surface area (Å²) in [7, 11) is 0. The van der Waals surface area contributed by atoms with Gasteiger partial charge in [-0.25, -0.2) is 19.3 Å². The first-order valence-corrected chi connectivity index (χ1v) is 13.4. The molecule has 208 valence electrons. The molecule has 1 aliphatic heterocycles. The van der Waals surface area contributed by atoms with Crippen LogP contribution in [0.1, 0.15) is 34.0 Å². The number of imidazole rings is 1. The van der Waals surface area contributed by atoms with Gasteiger partial charge in [0.05, 0.1) is 0 Å². The van der Waals surface area contributed by atoms with Crippen LogP contribution in [-0.2, 0) is 13.2 Å². The van der Waals surface area contributed by atoms with E-state index in [2.05, 4.69) is 42.3 Å². The molecule has 40 heavy (non-hydrogen) atoms. The SMILES string of the molecule is CCN1CCN(Cc2ccc(C(=O)Nc3ccc(C)c(Nc4nccn4-c4cc(N)ncn4)c3)cc2CF)CC1. The van der Waals surface area contributed by atoms with Crippen molar-refractivity contribution in [3.63, 3.8) is 0 Å². The monoisotopic (exact) mass is 543 g/mol. The highest BCUT2D eigenvalue weighted by molar-refractivity contribution is 6.04. The molecule has 0 radical (unpaired) electrons. The molecule has 2 aromatic carbocycles. The van der Waals surface area contributed by atoms with Crippen molar-refractivity contribution in [1.29, 1.82) is 0 Å². The van der Waals surface area contributed by atoms with Gasteiger partial charge in [0.2, 0.25) is 5.95 Å². The van der Waals surface area contributed by atoms with Crippen molar-refractivity contribution in [2.24, 2.45) is 0 Å². The van der Waals surface area contributed by atoms with Crippen molar-refractivity contribution in [1.82, 2.24) is 29.3 Å². The number of carbonyl (C=O) groups is 1. The van der Waals surface area contributed by atoms with Crippen molar-refractivity contribution >= 4 is 29.0 Å². The van der Waals surface area contributed by atoms with Crippen LogP contribution < -0.4 is 16.4 Å². The molecule has 10 nitrogen and oxygen atoms in total. The number of hydrogen-bond donors (Lipinski definition) is 3. The lowest BCUT2D eigenvalue weighted by Gasteiger charge is -2.34. The lowest BCUT2D eigenvalue weighted by Crippen LogP contribution is -2.45. The number of piperazine rings is 1. The van der Waals surface area contributed by atoms with E-state index in [-0.39, 0.29) is 5.91 Å². The molecule has 5 rings (SSSR count). The number of benzene rings is 2. The number of aromatic nitrogens is 4. The molecule has 0 aliphatic carbocycles. The Kier molecular flexibility index (Phi) is 8.32. The third kappa shape index (κ3) is 6.27. The van der Waals surface area contributed by atoms with Crippen LogP contribution in [0.3, 0.4) is 0 Å². The van der Waals surface area contributed by atoms with Crippen LogP contribution in [0.15, 0.2) is 61.2 Å². The smallest absolute Gasteiger partial charge is 0.255 e. The second-order valence-corrected chi connectivity index (χ2v) is 9.86. The molecule has 0 saturated carbocycles. The summed E-state index contributed by atoms with van der Waals surface area (Å²) in [4.78, 5) is 30.5. The maximum absolute atomic E-state index is 14.0. The van der Waals surface area contributed by atoms with Gasteiger partial charge in [-0.1, -0.05) is 19.1 Å². The molecule has 1 amide bonds. The molecule has 0 unspecified atom stereocenters. The summed E-state index contributed by atoms with van der Waals surface area (Å²) in [6.07, 6.45) is 4.81. The molecule has 2 aromatic heterocycles. The summed E-state index contributed by atoms with van der Waals surface area (Å²) in [5, 5.41) is 6.25. The zero-order valence-corrected chi connectivity index (χ0v) is 22.8. The van der Waals surface area contributed by atoms with Crippen molar-refractivity contribution in [2.75, 3.05) is 49.1 Å². The number of nitrogens with zero attached hydrogens (tertiary/aromatic N) is 6. The minimum atomic E-state index is -0.616. The van der Waals surface area contributed by atoms with E-state index in [1.807, 2.05) is 31.2 Å². The summed E-state index contributed by atoms with van der Waals surface area (Å²) in [5.41, 5.74) is 10.0. The average Bonchev–Trinajstić information content (AvgIpc) is 3.43. The number of nitrogens with two attached hydrogens (primary N) is 1. The van der Waals surface area contributed by atoms with Crippen molar-refractivity contribution in [3.05, 3.63) is 83.4 Å². The number of amides is 1. The van der Waals surface area contributed by atoms with E-state index < -0.39 is 6.67 Å². The topological polar surface area (TPSA) is 117 Å². The Labute approximate surface area is 233 Å². The van der Waals surface area contributed by atoms with E-state index in [1.165, 1.54) is 6.33 Å². The van der Waals surface area contributed by atoms with Crippen molar-refractivity contribution in [3.8, 4) is 5.82 Å². The second-order valence-electron chi connectivity index (χ2n) is 9.86. The Bertz CT molecular complexity index is 1480. The van der Waals surface area contributed by atoms with E-state index in [0.717, 1.165) is 49.5 Å². The zero-order chi connectivity index (χ0) is 28.1. The maximum Gasteiger partial charge on any atom is 0.255 e. The van der Waals surface area contributed by atoms with Gasteiger partial charge in [-0.3, -0.25) is 14.3 Å². The fraction of sp³-hybridized carbons (Fsp3) is 0.310. The number of likely N-dealkylation sites (N-methyl/N-ethyl adjacent to an activating group) is 1. The predicted molar refractivity (Wildman–Crippen MR) is 155 cm³/mol. The molecule has 0 atom stereocenters. The van der Waals surface area contributed by atoms with Crippen molar-refractivity contribution < 1.29 is 9.18 Å². The summed E-state index contributed by atoms with van der Waals surface area (Å²) in [6, 6.07) is 12.5. The quantitative estimate of drug-likeness (QED) is 0.288. The summed E-state index contributed by atoms with van der Waals surface area (Å²) < 4.78 is 15.7. The zero-order valence-electron chi connectivity index (χ0n) is 22.8. The summed E-state index contributed by atoms with van der Waals surface area (Å²) in [6.45, 7) is 9.20. The van der Waals surface area contributed by atoms with Gasteiger partial charge in [0.25, 0.3) is 5.91 Å². The van der Waals surface area contributed by atoms with Gasteiger partial charge < -0.3 is 21.3 Å². The van der Waals surface area contributed by atoms with Gasteiger partial charge in [0.1, 0.15) is 24.6 Å². The molecule has 4 N–H and O–H groups in total. The number of nitrogen functional groups attached to an aromatic ring is 1. The molecule has 1 saturated heterocycles. The van der Waals surface area contributed by atoms with Crippen LogP contribution >= 0.6 is 0 Å². The van der Waals surface area contributed by atoms with Crippen molar-refractivity contribution in [2.45, 2.75) is 27.1 Å². The van der Waals surface area contributed by atoms with Crippen LogP contribution in [0, 0.1) is 6.92 Å². The third-order valence-electron chi connectivity index (χ3n) is 7.22. The van der Waals surface area contributed by atoms with Crippen LogP contribution in [0.5, 0.6) is 0 Å². The van der Waals surface area contributed by atoms with E-state index in [1.54, 1.807) is 35.2 Å². The van der Waals surface area contributed by atoms with Crippen LogP contribution in [0.2, 0.25) is 0 Å². The molecule has 0 spiro atoms. The Balaban J connectivity index is 1.28. The number of halogens is 1. The highest BCUT2D eigenvalue weighted by atomic mass is 19.1. The largest absolute Gasteiger partial charge is 0.384 e. The Morgan fingerprint density at radius 2 is 1.80 bits per heavy atom. The molecule has 1 fully saturated rings. The summed E-state index contributed by atoms with van der Waals surface area (Å²) in [5.74, 6) is 1.16. The fourth-order valence-electron chi connectivity index (χ4n) is 4.78. The van der Waals surface area contributed by atoms with Crippen LogP contribution in [0.25, 0.3) is 5.82 Å². The standard InChI is InChI=1S/C29H34FN9O/c1-3-37-10-12-38(13-11-37)18-22-6-5-21(14-23(22)17-30)28(40)35-24-7-4-20(2)25(15-24)36-29-32-8-9-39(29)27-16-26(31)33-19-34-27/h4-9,14-16,19H,3,10-13,17-18H2,1-2H3,(H,32,36)(H,35,40)(H2,31,33,34). The van der Waals surface area contributed by atoms with Gasteiger partial charge in [-0.2, -0.15) is 0 Å². The lowest BCUT2D eigenvalue weighted by atomic mass is 10.0. The minimum Gasteiger partial charge on any atom is -0.384 e. The first-order valence-electron chi connectivity index (χ1n) is 13.4. The molecule has 4 aromatic rings. The number of hydrogen-bond acceptors (Lipinski definition) is 8. The van der Waals surface area contributed by atoms with Gasteiger partial charge in [-0.05, 0) is 54.4 Å². The number of carbonyl (C=O) groups excluding carboxylic acids is 1. The fourth-order valence-corrected chi connectivity index (χ4v) is 4.78. The third-order valence-corrected chi connectivity index (χ3v) is 7.22. The van der Waals surface area contributed by atoms with E-state index in [0.29, 0.717) is 40.9 Å². The normalized spacial score (nSPS) is 14.3. The van der Waals surface area contributed by atoms with Crippen LogP contribution in [0.4, 0.5) is 27.5 Å². The highest BCUT2D eigenvalue weighted by Gasteiger charge is 2.18. The Morgan fingerprint density at radius 3 is 2.55 bits per heavy atom. The van der Waals surface area contributed by atoms with Gasteiger partial charge in [0.15, 0.2) is 0 Å². The molecule has 0 bridgehead atoms. The predicted octanol–water partition coefficient (Wildman–Crippen LogP) is 4.16. The molecular weight excluding hydrogens is 509 g/mol. The second kappa shape index (κ2) is 12.2. The van der Waals surface area contributed by atoms with E-state index in [4.69, 9.17) is 5.73 Å². The number of nitrogens with one attached hydrogen (secondary N) is 2. The first kappa shape index (κ1) is 27.2. The Morgan fingerprint density at radius 1 is 1.00 bits per heavy atom. The average molecular weight is 544 g/mol. The number of rotatable bonds is 9. The molecular formula is C29H34FN9O. The van der Waals surface area contributed by atoms with E-state index >= 15 is 0 Å². The number of anilines is 4. The lowest BCUT2D eigenvalue weighted by molar-refractivity contribution is 0.102. The molecule has 11 heteroatoms. The van der Waals surface area contributed by atoms with Gasteiger partial charge >= 0.3 is 0 Å². The number of aryl methyl sites for hydroxylation is 1. The Hall–Kier alpha value is -4.35. The molecule has 3 heterocycles. The van der Waals surface area contributed by atoms with Crippen LogP contribution in [-0.4, -0.2) is 67.9 Å². The molecule has 1 aliphatic rings. The van der Waals surface area contributed by atoms with E-state index in [9.17, 15) is 9.18 Å². The first-order chi connectivity index (χ1) is 19.4.